The van der Waals surface area contributed by atoms with Gasteiger partial charge in [-0.1, -0.05) is 18.2 Å². The van der Waals surface area contributed by atoms with Gasteiger partial charge in [-0.15, -0.1) is 6.58 Å². The first-order valence-corrected chi connectivity index (χ1v) is 6.00. The lowest BCUT2D eigenvalue weighted by Gasteiger charge is -2.20. The van der Waals surface area contributed by atoms with Crippen LogP contribution in [0.2, 0.25) is 0 Å². The average molecular weight is 252 g/mol. The minimum absolute atomic E-state index is 0.196. The number of halogens is 1. The summed E-state index contributed by atoms with van der Waals surface area (Å²) >= 11 is 0. The first-order valence-electron chi connectivity index (χ1n) is 6.00. The lowest BCUT2D eigenvalue weighted by Crippen LogP contribution is -2.27. The first kappa shape index (κ1) is 14.8. The highest BCUT2D eigenvalue weighted by Gasteiger charge is 2.09. The van der Waals surface area contributed by atoms with Crippen molar-refractivity contribution in [3.63, 3.8) is 0 Å². The molecule has 1 rings (SSSR count). The van der Waals surface area contributed by atoms with Gasteiger partial charge in [0.25, 0.3) is 0 Å². The Morgan fingerprint density at radius 3 is 2.89 bits per heavy atom. The maximum atomic E-state index is 13.7. The normalized spacial score (nSPS) is 10.9. The van der Waals surface area contributed by atoms with E-state index in [9.17, 15) is 4.39 Å². The van der Waals surface area contributed by atoms with Crippen LogP contribution < -0.4 is 5.73 Å². The molecule has 0 saturated carbocycles. The molecular weight excluding hydrogens is 231 g/mol. The Morgan fingerprint density at radius 2 is 2.28 bits per heavy atom. The minimum Gasteiger partial charge on any atom is -0.383 e. The number of ether oxygens (including phenoxy) is 1. The molecule has 18 heavy (non-hydrogen) atoms. The summed E-state index contributed by atoms with van der Waals surface area (Å²) in [6.45, 7) is 6.74. The summed E-state index contributed by atoms with van der Waals surface area (Å²) in [6.07, 6.45) is 1.81. The van der Waals surface area contributed by atoms with Crippen LogP contribution in [-0.4, -0.2) is 31.7 Å². The molecule has 0 saturated heterocycles. The van der Waals surface area contributed by atoms with E-state index in [1.54, 1.807) is 19.3 Å². The van der Waals surface area contributed by atoms with Crippen molar-refractivity contribution >= 4 is 0 Å². The van der Waals surface area contributed by atoms with Gasteiger partial charge in [0.2, 0.25) is 0 Å². The largest absolute Gasteiger partial charge is 0.383 e. The fraction of sp³-hybridized carbons (Fsp3) is 0.429. The Kier molecular flexibility index (Phi) is 6.57. The number of nitrogens with zero attached hydrogens (tertiary/aromatic N) is 1. The molecule has 0 aromatic heterocycles. The predicted octanol–water partition coefficient (Wildman–Crippen LogP) is 1.92. The molecule has 0 radical (unpaired) electrons. The first-order chi connectivity index (χ1) is 8.71. The van der Waals surface area contributed by atoms with Crippen LogP contribution in [0.25, 0.3) is 0 Å². The topological polar surface area (TPSA) is 38.5 Å². The summed E-state index contributed by atoms with van der Waals surface area (Å²) < 4.78 is 18.7. The molecule has 0 aliphatic rings. The van der Waals surface area contributed by atoms with Gasteiger partial charge < -0.3 is 10.5 Å². The van der Waals surface area contributed by atoms with Crippen molar-refractivity contribution in [1.29, 1.82) is 0 Å². The van der Waals surface area contributed by atoms with Crippen LogP contribution in [0.15, 0.2) is 30.9 Å². The summed E-state index contributed by atoms with van der Waals surface area (Å²) in [5.74, 6) is -0.196. The second-order valence-electron chi connectivity index (χ2n) is 4.15. The van der Waals surface area contributed by atoms with E-state index in [1.807, 2.05) is 6.07 Å². The summed E-state index contributed by atoms with van der Waals surface area (Å²) in [5.41, 5.74) is 7.17. The second kappa shape index (κ2) is 7.97. The van der Waals surface area contributed by atoms with E-state index in [0.717, 1.165) is 12.1 Å². The van der Waals surface area contributed by atoms with Gasteiger partial charge in [0.1, 0.15) is 5.82 Å². The Balaban J connectivity index is 2.74. The van der Waals surface area contributed by atoms with Gasteiger partial charge in [-0.05, 0) is 11.6 Å². The molecule has 4 heteroatoms. The number of benzene rings is 1. The second-order valence-corrected chi connectivity index (χ2v) is 4.15. The van der Waals surface area contributed by atoms with E-state index in [4.69, 9.17) is 10.5 Å². The van der Waals surface area contributed by atoms with Crippen LogP contribution in [0.5, 0.6) is 0 Å². The molecule has 1 aromatic carbocycles. The van der Waals surface area contributed by atoms with E-state index >= 15 is 0 Å². The van der Waals surface area contributed by atoms with Crippen LogP contribution in [0.4, 0.5) is 4.39 Å². The van der Waals surface area contributed by atoms with Crippen LogP contribution in [0.3, 0.4) is 0 Å². The number of hydrogen-bond donors (Lipinski definition) is 1. The maximum Gasteiger partial charge on any atom is 0.127 e. The standard InChI is InChI=1S/C14H21FN2O/c1-3-6-17(7-8-18-2)11-13-9-12(10-16)4-5-14(13)15/h3-5,9H,1,6-8,10-11,16H2,2H3. The molecule has 0 atom stereocenters. The zero-order valence-electron chi connectivity index (χ0n) is 10.9. The lowest BCUT2D eigenvalue weighted by atomic mass is 10.1. The summed E-state index contributed by atoms with van der Waals surface area (Å²) in [5, 5.41) is 0. The Hall–Kier alpha value is -1.23. The van der Waals surface area contributed by atoms with Crippen LogP contribution in [0.1, 0.15) is 11.1 Å². The van der Waals surface area contributed by atoms with Gasteiger partial charge in [-0.3, -0.25) is 4.90 Å². The molecule has 0 heterocycles. The molecule has 2 N–H and O–H groups in total. The van der Waals surface area contributed by atoms with Crippen molar-refractivity contribution in [3.8, 4) is 0 Å². The van der Waals surface area contributed by atoms with Gasteiger partial charge in [0.15, 0.2) is 0 Å². The Morgan fingerprint density at radius 1 is 1.50 bits per heavy atom. The molecule has 0 bridgehead atoms. The van der Waals surface area contributed by atoms with Crippen LogP contribution in [0, 0.1) is 5.82 Å². The third-order valence-corrected chi connectivity index (χ3v) is 2.74. The number of methoxy groups -OCH3 is 1. The SMILES string of the molecule is C=CCN(CCOC)Cc1cc(CN)ccc1F. The molecule has 0 unspecified atom stereocenters. The Labute approximate surface area is 108 Å². The van der Waals surface area contributed by atoms with Crippen molar-refractivity contribution < 1.29 is 9.13 Å². The molecule has 0 aliphatic heterocycles. The zero-order chi connectivity index (χ0) is 13.4. The summed E-state index contributed by atoms with van der Waals surface area (Å²) in [6, 6.07) is 5.00. The van der Waals surface area contributed by atoms with Gasteiger partial charge >= 0.3 is 0 Å². The summed E-state index contributed by atoms with van der Waals surface area (Å²) in [4.78, 5) is 2.08. The fourth-order valence-electron chi connectivity index (χ4n) is 1.75. The highest BCUT2D eigenvalue weighted by molar-refractivity contribution is 5.25. The smallest absolute Gasteiger partial charge is 0.127 e. The van der Waals surface area contributed by atoms with E-state index in [2.05, 4.69) is 11.5 Å². The zero-order valence-corrected chi connectivity index (χ0v) is 10.9. The molecule has 0 amide bonds. The average Bonchev–Trinajstić information content (AvgIpc) is 2.38. The molecular formula is C14H21FN2O. The van der Waals surface area contributed by atoms with Crippen molar-refractivity contribution in [2.45, 2.75) is 13.1 Å². The van der Waals surface area contributed by atoms with E-state index in [1.165, 1.54) is 6.07 Å². The van der Waals surface area contributed by atoms with E-state index < -0.39 is 0 Å². The molecule has 1 aromatic rings. The number of nitrogens with two attached hydrogens (primary N) is 1. The van der Waals surface area contributed by atoms with E-state index in [0.29, 0.717) is 31.8 Å². The fourth-order valence-corrected chi connectivity index (χ4v) is 1.75. The lowest BCUT2D eigenvalue weighted by molar-refractivity contribution is 0.150. The van der Waals surface area contributed by atoms with Crippen molar-refractivity contribution in [2.75, 3.05) is 26.8 Å². The molecule has 0 spiro atoms. The quantitative estimate of drug-likeness (QED) is 0.718. The van der Waals surface area contributed by atoms with Gasteiger partial charge in [0, 0.05) is 38.9 Å². The van der Waals surface area contributed by atoms with Crippen molar-refractivity contribution in [2.24, 2.45) is 5.73 Å². The third-order valence-electron chi connectivity index (χ3n) is 2.74. The third kappa shape index (κ3) is 4.56. The molecule has 3 nitrogen and oxygen atoms in total. The highest BCUT2D eigenvalue weighted by atomic mass is 19.1. The van der Waals surface area contributed by atoms with Crippen LogP contribution >= 0.6 is 0 Å². The maximum absolute atomic E-state index is 13.7. The number of rotatable bonds is 8. The van der Waals surface area contributed by atoms with Gasteiger partial charge in [0.05, 0.1) is 6.61 Å². The predicted molar refractivity (Wildman–Crippen MR) is 71.6 cm³/mol. The number of hydrogen-bond acceptors (Lipinski definition) is 3. The Bertz CT molecular complexity index is 382. The van der Waals surface area contributed by atoms with E-state index in [-0.39, 0.29) is 5.82 Å². The molecule has 100 valence electrons. The van der Waals surface area contributed by atoms with Crippen molar-refractivity contribution in [1.82, 2.24) is 4.90 Å². The minimum atomic E-state index is -0.196. The monoisotopic (exact) mass is 252 g/mol. The van der Waals surface area contributed by atoms with Crippen molar-refractivity contribution in [3.05, 3.63) is 47.8 Å². The van der Waals surface area contributed by atoms with Crippen LogP contribution in [-0.2, 0) is 17.8 Å². The van der Waals surface area contributed by atoms with Gasteiger partial charge in [-0.25, -0.2) is 4.39 Å². The molecule has 0 aliphatic carbocycles. The van der Waals surface area contributed by atoms with Gasteiger partial charge in [-0.2, -0.15) is 0 Å². The highest BCUT2D eigenvalue weighted by Crippen LogP contribution is 2.13. The summed E-state index contributed by atoms with van der Waals surface area (Å²) in [7, 11) is 1.65. The molecule has 0 fully saturated rings.